The molecule has 8 nitrogen and oxygen atoms in total. The second kappa shape index (κ2) is 9.69. The Balaban J connectivity index is 1.68. The number of anilines is 2. The highest BCUT2D eigenvalue weighted by Crippen LogP contribution is 2.51. The molecule has 0 aliphatic carbocycles. The molecule has 0 amide bonds. The molecular formula is C27H18ClF3N6O2S. The lowest BCUT2D eigenvalue weighted by Gasteiger charge is -2.29. The van der Waals surface area contributed by atoms with Crippen LogP contribution in [0.5, 0.6) is 11.8 Å². The summed E-state index contributed by atoms with van der Waals surface area (Å²) in [5, 5.41) is 10.0. The lowest BCUT2D eigenvalue weighted by molar-refractivity contribution is 0.327. The zero-order chi connectivity index (χ0) is 28.3. The second-order valence-electron chi connectivity index (χ2n) is 8.94. The Bertz CT molecular complexity index is 1890. The van der Waals surface area contributed by atoms with Gasteiger partial charge in [-0.25, -0.2) is 13.8 Å². The molecule has 13 heteroatoms. The van der Waals surface area contributed by atoms with Gasteiger partial charge >= 0.3 is 6.01 Å². The van der Waals surface area contributed by atoms with Crippen LogP contribution in [0.1, 0.15) is 24.1 Å². The van der Waals surface area contributed by atoms with Crippen molar-refractivity contribution in [1.29, 1.82) is 5.26 Å². The molecule has 202 valence electrons. The first kappa shape index (κ1) is 25.9. The topological polar surface area (TPSA) is 110 Å². The number of fused-ring (bicyclic) bond motifs is 1. The normalized spacial score (nSPS) is 13.7. The Labute approximate surface area is 234 Å². The maximum absolute atomic E-state index is 16.6. The van der Waals surface area contributed by atoms with Crippen molar-refractivity contribution in [3.8, 4) is 29.0 Å². The minimum Gasteiger partial charge on any atom is -0.489 e. The van der Waals surface area contributed by atoms with Crippen molar-refractivity contribution in [1.82, 2.24) is 15.0 Å². The van der Waals surface area contributed by atoms with Crippen LogP contribution in [0.15, 0.2) is 30.5 Å². The molecule has 0 saturated carbocycles. The quantitative estimate of drug-likeness (QED) is 0.242. The zero-order valence-electron chi connectivity index (χ0n) is 20.9. The number of pyridine rings is 1. The maximum atomic E-state index is 16.6. The van der Waals surface area contributed by atoms with Gasteiger partial charge in [-0.1, -0.05) is 23.7 Å². The summed E-state index contributed by atoms with van der Waals surface area (Å²) in [7, 11) is 1.34. The first-order valence-corrected chi connectivity index (χ1v) is 13.1. The molecule has 0 unspecified atom stereocenters. The van der Waals surface area contributed by atoms with Gasteiger partial charge < -0.3 is 20.1 Å². The Morgan fingerprint density at radius 1 is 1.23 bits per heavy atom. The van der Waals surface area contributed by atoms with Crippen molar-refractivity contribution in [3.63, 3.8) is 0 Å². The van der Waals surface area contributed by atoms with E-state index in [1.165, 1.54) is 19.4 Å². The van der Waals surface area contributed by atoms with E-state index in [-0.39, 0.29) is 78.4 Å². The van der Waals surface area contributed by atoms with E-state index in [1.807, 2.05) is 6.07 Å². The van der Waals surface area contributed by atoms with Crippen LogP contribution in [0.4, 0.5) is 24.0 Å². The molecule has 2 N–H and O–H groups in total. The van der Waals surface area contributed by atoms with Crippen molar-refractivity contribution in [3.05, 3.63) is 64.2 Å². The molecule has 0 bridgehead atoms. The molecule has 3 aromatic heterocycles. The summed E-state index contributed by atoms with van der Waals surface area (Å²) in [6, 6.07) is 6.96. The number of ether oxygens (including phenoxy) is 2. The monoisotopic (exact) mass is 582 g/mol. The van der Waals surface area contributed by atoms with E-state index < -0.39 is 23.6 Å². The summed E-state index contributed by atoms with van der Waals surface area (Å²) in [4.78, 5) is 14.2. The minimum atomic E-state index is -0.863. The predicted octanol–water partition coefficient (Wildman–Crippen LogP) is 6.40. The van der Waals surface area contributed by atoms with Gasteiger partial charge in [0.1, 0.15) is 34.8 Å². The molecule has 5 aromatic rings. The van der Waals surface area contributed by atoms with Crippen molar-refractivity contribution in [2.45, 2.75) is 13.0 Å². The van der Waals surface area contributed by atoms with Gasteiger partial charge in [0.05, 0.1) is 40.4 Å². The third-order valence-electron chi connectivity index (χ3n) is 6.88. The minimum absolute atomic E-state index is 0.0105. The van der Waals surface area contributed by atoms with Crippen LogP contribution < -0.4 is 20.1 Å². The van der Waals surface area contributed by atoms with E-state index in [1.54, 1.807) is 24.0 Å². The van der Waals surface area contributed by atoms with E-state index in [0.717, 1.165) is 17.4 Å². The predicted molar refractivity (Wildman–Crippen MR) is 146 cm³/mol. The average Bonchev–Trinajstić information content (AvgIpc) is 3.17. The summed E-state index contributed by atoms with van der Waals surface area (Å²) in [5.41, 5.74) is 6.13. The van der Waals surface area contributed by atoms with Crippen LogP contribution in [0, 0.1) is 28.9 Å². The summed E-state index contributed by atoms with van der Waals surface area (Å²) < 4.78 is 57.4. The molecule has 0 radical (unpaired) electrons. The van der Waals surface area contributed by atoms with E-state index in [2.05, 4.69) is 15.0 Å². The van der Waals surface area contributed by atoms with Crippen LogP contribution in [0.2, 0.25) is 5.02 Å². The number of nitrogens with zero attached hydrogens (tertiary/aromatic N) is 5. The van der Waals surface area contributed by atoms with Gasteiger partial charge in [0, 0.05) is 22.7 Å². The first-order chi connectivity index (χ1) is 19.3. The van der Waals surface area contributed by atoms with Crippen molar-refractivity contribution < 1.29 is 22.6 Å². The van der Waals surface area contributed by atoms with E-state index in [4.69, 9.17) is 26.8 Å². The second-order valence-corrected chi connectivity index (χ2v) is 10.4. The molecule has 4 heterocycles. The van der Waals surface area contributed by atoms with Crippen LogP contribution in [-0.2, 0) is 0 Å². The molecule has 0 saturated heterocycles. The van der Waals surface area contributed by atoms with Crippen LogP contribution in [0.25, 0.3) is 32.1 Å². The number of halogens is 4. The summed E-state index contributed by atoms with van der Waals surface area (Å²) in [6.07, 6.45) is 1.35. The van der Waals surface area contributed by atoms with Gasteiger partial charge in [-0.3, -0.25) is 0 Å². The number of nitriles is 1. The molecule has 2 aromatic carbocycles. The van der Waals surface area contributed by atoms with Gasteiger partial charge in [-0.05, 0) is 24.6 Å². The molecule has 40 heavy (non-hydrogen) atoms. The van der Waals surface area contributed by atoms with Gasteiger partial charge in [-0.15, -0.1) is 11.3 Å². The van der Waals surface area contributed by atoms with Gasteiger partial charge in [0.2, 0.25) is 5.95 Å². The van der Waals surface area contributed by atoms with Crippen LogP contribution >= 0.6 is 22.9 Å². The lowest BCUT2D eigenvalue weighted by atomic mass is 9.96. The molecule has 0 spiro atoms. The van der Waals surface area contributed by atoms with E-state index in [9.17, 15) is 14.0 Å². The largest absolute Gasteiger partial charge is 0.489 e. The van der Waals surface area contributed by atoms with Gasteiger partial charge in [-0.2, -0.15) is 19.6 Å². The summed E-state index contributed by atoms with van der Waals surface area (Å²) in [6.45, 7) is 2.07. The van der Waals surface area contributed by atoms with Crippen molar-refractivity contribution >= 4 is 54.7 Å². The number of nitrogens with two attached hydrogens (primary N) is 1. The SMILES string of the molecule is COc1nc2c3c(c(Cl)c(-c4ccc(F)c5sc(N)c(C#N)c45)c(F)c3n1)OCCN2[C@H](C)c1cccnc1F. The van der Waals surface area contributed by atoms with Gasteiger partial charge in [0.25, 0.3) is 0 Å². The highest BCUT2D eigenvalue weighted by Gasteiger charge is 2.33. The molecular weight excluding hydrogens is 565 g/mol. The third kappa shape index (κ3) is 3.76. The summed E-state index contributed by atoms with van der Waals surface area (Å²) in [5.74, 6) is -1.81. The average molecular weight is 583 g/mol. The molecule has 1 aliphatic rings. The fourth-order valence-corrected chi connectivity index (χ4v) is 6.30. The number of methoxy groups -OCH3 is 1. The number of rotatable bonds is 4. The molecule has 1 atom stereocenters. The molecule has 6 rings (SSSR count). The Kier molecular flexibility index (Phi) is 6.28. The molecule has 1 aliphatic heterocycles. The Morgan fingerprint density at radius 3 is 2.75 bits per heavy atom. The Hall–Kier alpha value is -4.34. The van der Waals surface area contributed by atoms with E-state index in [0.29, 0.717) is 5.56 Å². The smallest absolute Gasteiger partial charge is 0.318 e. The van der Waals surface area contributed by atoms with Crippen LogP contribution in [0.3, 0.4) is 0 Å². The highest BCUT2D eigenvalue weighted by atomic mass is 35.5. The Morgan fingerprint density at radius 2 is 2.02 bits per heavy atom. The van der Waals surface area contributed by atoms with E-state index >= 15 is 4.39 Å². The highest BCUT2D eigenvalue weighted by molar-refractivity contribution is 7.23. The van der Waals surface area contributed by atoms with Crippen molar-refractivity contribution in [2.75, 3.05) is 30.9 Å². The standard InChI is InChI=1S/C27H18ClF3N6O2S/c1-11(12-4-3-7-34-24(12)31)37-8-9-39-22-18-21(35-27(38-2)36-26(18)37)20(30)17(19(22)28)13-5-6-15(29)23-16(13)14(10-32)25(33)40-23/h3-7,11H,8-9,33H2,1-2H3/t11-/m1/s1. The fraction of sp³-hybridized carbons (Fsp3) is 0.185. The maximum Gasteiger partial charge on any atom is 0.318 e. The number of nitrogen functional groups attached to an aromatic ring is 1. The number of aromatic nitrogens is 3. The fourth-order valence-electron chi connectivity index (χ4n) is 5.02. The van der Waals surface area contributed by atoms with Crippen molar-refractivity contribution in [2.24, 2.45) is 0 Å². The number of benzene rings is 2. The molecule has 0 fully saturated rings. The number of hydrogen-bond acceptors (Lipinski definition) is 9. The third-order valence-corrected chi connectivity index (χ3v) is 8.27. The number of thiophene rings is 1. The lowest BCUT2D eigenvalue weighted by Crippen LogP contribution is -2.31. The summed E-state index contributed by atoms with van der Waals surface area (Å²) >= 11 is 7.73. The van der Waals surface area contributed by atoms with Crippen LogP contribution in [-0.4, -0.2) is 35.2 Å². The zero-order valence-corrected chi connectivity index (χ0v) is 22.5. The first-order valence-electron chi connectivity index (χ1n) is 11.9. The number of hydrogen-bond donors (Lipinski definition) is 1. The van der Waals surface area contributed by atoms with Gasteiger partial charge in [0.15, 0.2) is 11.6 Å².